The number of aromatic hydroxyl groups is 1. The zero-order valence-corrected chi connectivity index (χ0v) is 10.4. The number of esters is 1. The summed E-state index contributed by atoms with van der Waals surface area (Å²) in [5, 5.41) is 9.23. The van der Waals surface area contributed by atoms with Crippen LogP contribution >= 0.6 is 0 Å². The predicted octanol–water partition coefficient (Wildman–Crippen LogP) is 2.57. The summed E-state index contributed by atoms with van der Waals surface area (Å²) in [6.07, 6.45) is 0. The summed E-state index contributed by atoms with van der Waals surface area (Å²) in [6, 6.07) is 10.6. The van der Waals surface area contributed by atoms with Crippen molar-refractivity contribution in [1.29, 1.82) is 0 Å². The number of carbonyl (C=O) groups is 2. The average Bonchev–Trinajstić information content (AvgIpc) is 2.45. The van der Waals surface area contributed by atoms with Gasteiger partial charge in [-0.1, -0.05) is 6.07 Å². The van der Waals surface area contributed by atoms with E-state index in [9.17, 15) is 19.1 Å². The SMILES string of the molecule is O=C(COC(=O)c1cccc(O)c1)c1ccc(F)cc1. The zero-order valence-electron chi connectivity index (χ0n) is 10.4. The molecule has 0 aliphatic heterocycles. The summed E-state index contributed by atoms with van der Waals surface area (Å²) in [6.45, 7) is -0.444. The molecular formula is C15H11FO4. The third kappa shape index (κ3) is 3.41. The second-order valence-electron chi connectivity index (χ2n) is 4.06. The molecule has 2 aromatic carbocycles. The van der Waals surface area contributed by atoms with Crippen LogP contribution in [-0.4, -0.2) is 23.5 Å². The Balaban J connectivity index is 1.96. The topological polar surface area (TPSA) is 63.6 Å². The van der Waals surface area contributed by atoms with E-state index < -0.39 is 24.2 Å². The van der Waals surface area contributed by atoms with Gasteiger partial charge in [-0.15, -0.1) is 0 Å². The highest BCUT2D eigenvalue weighted by molar-refractivity contribution is 5.99. The minimum Gasteiger partial charge on any atom is -0.508 e. The normalized spacial score (nSPS) is 10.1. The number of rotatable bonds is 4. The van der Waals surface area contributed by atoms with Crippen molar-refractivity contribution in [2.24, 2.45) is 0 Å². The van der Waals surface area contributed by atoms with Gasteiger partial charge in [0.05, 0.1) is 5.56 Å². The van der Waals surface area contributed by atoms with Crippen molar-refractivity contribution < 1.29 is 23.8 Å². The van der Waals surface area contributed by atoms with E-state index in [4.69, 9.17) is 4.74 Å². The molecule has 0 radical (unpaired) electrons. The smallest absolute Gasteiger partial charge is 0.338 e. The molecular weight excluding hydrogens is 263 g/mol. The molecule has 5 heteroatoms. The van der Waals surface area contributed by atoms with E-state index >= 15 is 0 Å². The van der Waals surface area contributed by atoms with Gasteiger partial charge in [0.15, 0.2) is 12.4 Å². The molecule has 0 amide bonds. The average molecular weight is 274 g/mol. The van der Waals surface area contributed by atoms with Crippen molar-refractivity contribution in [2.75, 3.05) is 6.61 Å². The molecule has 0 spiro atoms. The molecule has 0 aliphatic carbocycles. The number of hydrogen-bond donors (Lipinski definition) is 1. The van der Waals surface area contributed by atoms with Crippen LogP contribution in [0.3, 0.4) is 0 Å². The van der Waals surface area contributed by atoms with Gasteiger partial charge in [-0.3, -0.25) is 4.79 Å². The lowest BCUT2D eigenvalue weighted by Crippen LogP contribution is -2.14. The highest BCUT2D eigenvalue weighted by atomic mass is 19.1. The number of phenolic OH excluding ortho intramolecular Hbond substituents is 1. The summed E-state index contributed by atoms with van der Waals surface area (Å²) in [4.78, 5) is 23.4. The number of ether oxygens (including phenoxy) is 1. The van der Waals surface area contributed by atoms with Crippen molar-refractivity contribution in [3.63, 3.8) is 0 Å². The second-order valence-corrected chi connectivity index (χ2v) is 4.06. The minimum atomic E-state index is -0.712. The number of benzene rings is 2. The van der Waals surface area contributed by atoms with E-state index in [2.05, 4.69) is 0 Å². The molecule has 2 rings (SSSR count). The summed E-state index contributed by atoms with van der Waals surface area (Å²) in [7, 11) is 0. The van der Waals surface area contributed by atoms with Gasteiger partial charge in [0, 0.05) is 5.56 Å². The van der Waals surface area contributed by atoms with Crippen LogP contribution in [0.5, 0.6) is 5.75 Å². The van der Waals surface area contributed by atoms with Crippen molar-refractivity contribution in [2.45, 2.75) is 0 Å². The number of ketones is 1. The first-order valence-electron chi connectivity index (χ1n) is 5.81. The first-order chi connectivity index (χ1) is 9.56. The quantitative estimate of drug-likeness (QED) is 0.687. The van der Waals surface area contributed by atoms with Crippen molar-refractivity contribution in [1.82, 2.24) is 0 Å². The third-order valence-corrected chi connectivity index (χ3v) is 2.58. The fourth-order valence-electron chi connectivity index (χ4n) is 1.57. The maximum absolute atomic E-state index is 12.7. The molecule has 0 aliphatic rings. The van der Waals surface area contributed by atoms with Gasteiger partial charge < -0.3 is 9.84 Å². The number of hydrogen-bond acceptors (Lipinski definition) is 4. The molecule has 20 heavy (non-hydrogen) atoms. The van der Waals surface area contributed by atoms with Gasteiger partial charge in [0.25, 0.3) is 0 Å². The van der Waals surface area contributed by atoms with Gasteiger partial charge >= 0.3 is 5.97 Å². The molecule has 0 fully saturated rings. The van der Waals surface area contributed by atoms with E-state index in [-0.39, 0.29) is 16.9 Å². The first-order valence-corrected chi connectivity index (χ1v) is 5.81. The molecule has 0 bridgehead atoms. The Morgan fingerprint density at radius 3 is 2.40 bits per heavy atom. The molecule has 0 heterocycles. The maximum Gasteiger partial charge on any atom is 0.338 e. The van der Waals surface area contributed by atoms with Crippen molar-refractivity contribution in [3.8, 4) is 5.75 Å². The molecule has 0 saturated carbocycles. The largest absolute Gasteiger partial charge is 0.508 e. The lowest BCUT2D eigenvalue weighted by Gasteiger charge is -2.04. The highest BCUT2D eigenvalue weighted by Crippen LogP contribution is 2.12. The Morgan fingerprint density at radius 2 is 1.75 bits per heavy atom. The predicted molar refractivity (Wildman–Crippen MR) is 69.1 cm³/mol. The van der Waals surface area contributed by atoms with Crippen LogP contribution in [0, 0.1) is 5.82 Å². The second kappa shape index (κ2) is 5.97. The standard InChI is InChI=1S/C15H11FO4/c16-12-6-4-10(5-7-12)14(18)9-20-15(19)11-2-1-3-13(17)8-11/h1-8,17H,9H2. The van der Waals surface area contributed by atoms with E-state index in [1.807, 2.05) is 0 Å². The van der Waals surface area contributed by atoms with E-state index in [1.54, 1.807) is 0 Å². The Bertz CT molecular complexity index is 635. The number of carbonyl (C=O) groups excluding carboxylic acids is 2. The molecule has 4 nitrogen and oxygen atoms in total. The molecule has 0 unspecified atom stereocenters. The minimum absolute atomic E-state index is 0.0655. The Kier molecular flexibility index (Phi) is 4.10. The van der Waals surface area contributed by atoms with Crippen LogP contribution in [0.15, 0.2) is 48.5 Å². The van der Waals surface area contributed by atoms with E-state index in [0.717, 1.165) is 12.1 Å². The molecule has 0 aromatic heterocycles. The highest BCUT2D eigenvalue weighted by Gasteiger charge is 2.12. The summed E-state index contributed by atoms with van der Waals surface area (Å²) < 4.78 is 17.5. The summed E-state index contributed by atoms with van der Waals surface area (Å²) >= 11 is 0. The molecule has 0 saturated heterocycles. The fraction of sp³-hybridized carbons (Fsp3) is 0.0667. The number of halogens is 1. The molecule has 1 N–H and O–H groups in total. The monoisotopic (exact) mass is 274 g/mol. The van der Waals surface area contributed by atoms with Crippen LogP contribution < -0.4 is 0 Å². The maximum atomic E-state index is 12.7. The Morgan fingerprint density at radius 1 is 1.05 bits per heavy atom. The van der Waals surface area contributed by atoms with Gasteiger partial charge in [-0.25, -0.2) is 9.18 Å². The van der Waals surface area contributed by atoms with Gasteiger partial charge in [-0.2, -0.15) is 0 Å². The Hall–Kier alpha value is -2.69. The fourth-order valence-corrected chi connectivity index (χ4v) is 1.57. The van der Waals surface area contributed by atoms with Crippen LogP contribution in [0.1, 0.15) is 20.7 Å². The lowest BCUT2D eigenvalue weighted by molar-refractivity contribution is 0.0474. The summed E-state index contributed by atoms with van der Waals surface area (Å²) in [5.41, 5.74) is 0.409. The van der Waals surface area contributed by atoms with E-state index in [1.165, 1.54) is 36.4 Å². The van der Waals surface area contributed by atoms with Crippen molar-refractivity contribution in [3.05, 3.63) is 65.5 Å². The van der Waals surface area contributed by atoms with Crippen molar-refractivity contribution >= 4 is 11.8 Å². The molecule has 0 atom stereocenters. The number of phenols is 1. The Labute approximate surface area is 114 Å². The van der Waals surface area contributed by atoms with Crippen LogP contribution in [-0.2, 0) is 4.74 Å². The van der Waals surface area contributed by atoms with Crippen LogP contribution in [0.25, 0.3) is 0 Å². The summed E-state index contributed by atoms with van der Waals surface area (Å²) in [5.74, 6) is -1.66. The lowest BCUT2D eigenvalue weighted by atomic mass is 10.1. The third-order valence-electron chi connectivity index (χ3n) is 2.58. The molecule has 2 aromatic rings. The van der Waals surface area contributed by atoms with Gasteiger partial charge in [-0.05, 0) is 42.5 Å². The molecule has 102 valence electrons. The van der Waals surface area contributed by atoms with Gasteiger partial charge in [0.2, 0.25) is 0 Å². The zero-order chi connectivity index (χ0) is 14.5. The van der Waals surface area contributed by atoms with Crippen LogP contribution in [0.4, 0.5) is 4.39 Å². The van der Waals surface area contributed by atoms with Gasteiger partial charge in [0.1, 0.15) is 11.6 Å². The first kappa shape index (κ1) is 13.7. The van der Waals surface area contributed by atoms with Crippen LogP contribution in [0.2, 0.25) is 0 Å². The number of Topliss-reactive ketones (excluding diaryl/α,β-unsaturated/α-hetero) is 1. The van der Waals surface area contributed by atoms with E-state index in [0.29, 0.717) is 0 Å².